The zero-order valence-electron chi connectivity index (χ0n) is 14.0. The van der Waals surface area contributed by atoms with Crippen LogP contribution >= 0.6 is 11.3 Å². The van der Waals surface area contributed by atoms with Gasteiger partial charge in [-0.3, -0.25) is 4.79 Å². The highest BCUT2D eigenvalue weighted by Crippen LogP contribution is 2.32. The number of nitrogens with one attached hydrogen (secondary N) is 1. The van der Waals surface area contributed by atoms with Gasteiger partial charge in [0.25, 0.3) is 5.91 Å². The zero-order valence-corrected chi connectivity index (χ0v) is 14.8. The van der Waals surface area contributed by atoms with Gasteiger partial charge in [0.2, 0.25) is 6.79 Å². The molecule has 0 fully saturated rings. The molecule has 0 unspecified atom stereocenters. The first-order chi connectivity index (χ1) is 12.7. The molecule has 7 heteroatoms. The van der Waals surface area contributed by atoms with Gasteiger partial charge in [-0.1, -0.05) is 18.2 Å². The standard InChI is InChI=1S/C19H16N2O4S/c1-23-14-4-2-3-13(8-14)19-21-15(10-26-19)18(22)20-9-12-5-6-16-17(7-12)25-11-24-16/h2-8,10H,9,11H2,1H3,(H,20,22). The molecule has 1 aliphatic heterocycles. The molecule has 132 valence electrons. The Bertz CT molecular complexity index is 954. The van der Waals surface area contributed by atoms with Crippen molar-refractivity contribution >= 4 is 17.2 Å². The summed E-state index contributed by atoms with van der Waals surface area (Å²) in [7, 11) is 1.62. The van der Waals surface area contributed by atoms with Crippen LogP contribution in [0.15, 0.2) is 47.8 Å². The molecule has 3 aromatic rings. The SMILES string of the molecule is COc1cccc(-c2nc(C(=O)NCc3ccc4c(c3)OCO4)cs2)c1. The molecule has 0 atom stereocenters. The molecular formula is C19H16N2O4S. The van der Waals surface area contributed by atoms with E-state index in [0.29, 0.717) is 18.0 Å². The van der Waals surface area contributed by atoms with Gasteiger partial charge in [0, 0.05) is 17.5 Å². The van der Waals surface area contributed by atoms with Crippen LogP contribution < -0.4 is 19.5 Å². The number of thiazole rings is 1. The molecular weight excluding hydrogens is 352 g/mol. The van der Waals surface area contributed by atoms with Crippen molar-refractivity contribution in [2.45, 2.75) is 6.54 Å². The molecule has 26 heavy (non-hydrogen) atoms. The Morgan fingerprint density at radius 2 is 2.12 bits per heavy atom. The van der Waals surface area contributed by atoms with E-state index in [2.05, 4.69) is 10.3 Å². The van der Waals surface area contributed by atoms with Crippen LogP contribution in [-0.2, 0) is 6.54 Å². The Labute approximate surface area is 154 Å². The molecule has 0 radical (unpaired) electrons. The molecule has 2 heterocycles. The molecule has 1 amide bonds. The number of hydrogen-bond donors (Lipinski definition) is 1. The number of rotatable bonds is 5. The average molecular weight is 368 g/mol. The maximum Gasteiger partial charge on any atom is 0.271 e. The number of amides is 1. The lowest BCUT2D eigenvalue weighted by Crippen LogP contribution is -2.23. The molecule has 1 N–H and O–H groups in total. The largest absolute Gasteiger partial charge is 0.497 e. The number of nitrogens with zero attached hydrogens (tertiary/aromatic N) is 1. The van der Waals surface area contributed by atoms with Gasteiger partial charge >= 0.3 is 0 Å². The van der Waals surface area contributed by atoms with Crippen molar-refractivity contribution in [1.82, 2.24) is 10.3 Å². The van der Waals surface area contributed by atoms with Crippen molar-refractivity contribution in [3.8, 4) is 27.8 Å². The monoisotopic (exact) mass is 368 g/mol. The van der Waals surface area contributed by atoms with Crippen molar-refractivity contribution in [3.63, 3.8) is 0 Å². The van der Waals surface area contributed by atoms with Crippen molar-refractivity contribution < 1.29 is 19.0 Å². The summed E-state index contributed by atoms with van der Waals surface area (Å²) < 4.78 is 15.9. The summed E-state index contributed by atoms with van der Waals surface area (Å²) in [5, 5.41) is 5.41. The minimum absolute atomic E-state index is 0.215. The first-order valence-corrected chi connectivity index (χ1v) is 8.87. The number of ether oxygens (including phenoxy) is 3. The predicted molar refractivity (Wildman–Crippen MR) is 97.8 cm³/mol. The summed E-state index contributed by atoms with van der Waals surface area (Å²) in [6.07, 6.45) is 0. The lowest BCUT2D eigenvalue weighted by atomic mass is 10.2. The molecule has 0 saturated heterocycles. The molecule has 0 saturated carbocycles. The van der Waals surface area contributed by atoms with Crippen LogP contribution in [0.1, 0.15) is 16.1 Å². The van der Waals surface area contributed by atoms with Gasteiger partial charge in [0.15, 0.2) is 11.5 Å². The number of fused-ring (bicyclic) bond motifs is 1. The fourth-order valence-electron chi connectivity index (χ4n) is 2.59. The summed E-state index contributed by atoms with van der Waals surface area (Å²) in [4.78, 5) is 16.8. The Hall–Kier alpha value is -3.06. The molecule has 0 bridgehead atoms. The minimum Gasteiger partial charge on any atom is -0.497 e. The van der Waals surface area contributed by atoms with Gasteiger partial charge < -0.3 is 19.5 Å². The molecule has 0 aliphatic carbocycles. The number of benzene rings is 2. The number of aromatic nitrogens is 1. The maximum absolute atomic E-state index is 12.4. The fraction of sp³-hybridized carbons (Fsp3) is 0.158. The van der Waals surface area contributed by atoms with Crippen molar-refractivity contribution in [1.29, 1.82) is 0 Å². The van der Waals surface area contributed by atoms with Crippen LogP contribution in [0.2, 0.25) is 0 Å². The zero-order chi connectivity index (χ0) is 17.9. The van der Waals surface area contributed by atoms with Crippen LogP contribution in [0.25, 0.3) is 10.6 Å². The van der Waals surface area contributed by atoms with Gasteiger partial charge in [-0.25, -0.2) is 4.98 Å². The highest BCUT2D eigenvalue weighted by atomic mass is 32.1. The third-order valence-electron chi connectivity index (χ3n) is 3.94. The van der Waals surface area contributed by atoms with Crippen LogP contribution in [0.5, 0.6) is 17.2 Å². The van der Waals surface area contributed by atoms with Gasteiger partial charge in [0.1, 0.15) is 16.5 Å². The van der Waals surface area contributed by atoms with Crippen molar-refractivity contribution in [2.75, 3.05) is 13.9 Å². The van der Waals surface area contributed by atoms with Crippen LogP contribution in [-0.4, -0.2) is 24.8 Å². The first-order valence-electron chi connectivity index (χ1n) is 7.99. The number of hydrogen-bond acceptors (Lipinski definition) is 6. The number of methoxy groups -OCH3 is 1. The van der Waals surface area contributed by atoms with Crippen molar-refractivity contribution in [3.05, 3.63) is 59.1 Å². The van der Waals surface area contributed by atoms with Gasteiger partial charge in [-0.2, -0.15) is 0 Å². The summed E-state index contributed by atoms with van der Waals surface area (Å²) in [6.45, 7) is 0.624. The molecule has 6 nitrogen and oxygen atoms in total. The summed E-state index contributed by atoms with van der Waals surface area (Å²) in [5.41, 5.74) is 2.25. The van der Waals surface area contributed by atoms with E-state index >= 15 is 0 Å². The number of carbonyl (C=O) groups excluding carboxylic acids is 1. The van der Waals surface area contributed by atoms with E-state index in [1.807, 2.05) is 42.5 Å². The normalized spacial score (nSPS) is 12.0. The maximum atomic E-state index is 12.4. The second-order valence-electron chi connectivity index (χ2n) is 5.64. The molecule has 1 aliphatic rings. The molecule has 4 rings (SSSR count). The number of carbonyl (C=O) groups is 1. The van der Waals surface area contributed by atoms with Crippen LogP contribution in [0, 0.1) is 0 Å². The third kappa shape index (κ3) is 3.34. The average Bonchev–Trinajstić information content (AvgIpc) is 3.35. The smallest absolute Gasteiger partial charge is 0.271 e. The quantitative estimate of drug-likeness (QED) is 0.747. The fourth-order valence-corrected chi connectivity index (χ4v) is 3.39. The third-order valence-corrected chi connectivity index (χ3v) is 4.83. The van der Waals surface area contributed by atoms with E-state index in [0.717, 1.165) is 27.6 Å². The lowest BCUT2D eigenvalue weighted by Gasteiger charge is -2.05. The Morgan fingerprint density at radius 3 is 3.00 bits per heavy atom. The lowest BCUT2D eigenvalue weighted by molar-refractivity contribution is 0.0946. The second kappa shape index (κ2) is 7.05. The van der Waals surface area contributed by atoms with Gasteiger partial charge in [-0.05, 0) is 29.8 Å². The Morgan fingerprint density at radius 1 is 1.23 bits per heavy atom. The topological polar surface area (TPSA) is 69.7 Å². The van der Waals surface area contributed by atoms with Crippen LogP contribution in [0.3, 0.4) is 0 Å². The van der Waals surface area contributed by atoms with Gasteiger partial charge in [-0.15, -0.1) is 11.3 Å². The van der Waals surface area contributed by atoms with Crippen LogP contribution in [0.4, 0.5) is 0 Å². The van der Waals surface area contributed by atoms with E-state index in [1.54, 1.807) is 12.5 Å². The predicted octanol–water partition coefficient (Wildman–Crippen LogP) is 3.48. The Balaban J connectivity index is 1.43. The highest BCUT2D eigenvalue weighted by Gasteiger charge is 2.15. The molecule has 0 spiro atoms. The second-order valence-corrected chi connectivity index (χ2v) is 6.50. The summed E-state index contributed by atoms with van der Waals surface area (Å²) >= 11 is 1.42. The van der Waals surface area contributed by atoms with E-state index in [4.69, 9.17) is 14.2 Å². The minimum atomic E-state index is -0.215. The molecule has 2 aromatic carbocycles. The van der Waals surface area contributed by atoms with Gasteiger partial charge in [0.05, 0.1) is 7.11 Å². The Kier molecular flexibility index (Phi) is 4.45. The summed E-state index contributed by atoms with van der Waals surface area (Å²) in [6, 6.07) is 13.2. The first kappa shape index (κ1) is 16.4. The van der Waals surface area contributed by atoms with E-state index in [1.165, 1.54) is 11.3 Å². The van der Waals surface area contributed by atoms with E-state index in [9.17, 15) is 4.79 Å². The van der Waals surface area contributed by atoms with E-state index < -0.39 is 0 Å². The van der Waals surface area contributed by atoms with E-state index in [-0.39, 0.29) is 12.7 Å². The molecule has 1 aromatic heterocycles. The summed E-state index contributed by atoms with van der Waals surface area (Å²) in [5.74, 6) is 1.97. The highest BCUT2D eigenvalue weighted by molar-refractivity contribution is 7.13. The van der Waals surface area contributed by atoms with Crippen molar-refractivity contribution in [2.24, 2.45) is 0 Å².